The van der Waals surface area contributed by atoms with Crippen molar-refractivity contribution in [2.24, 2.45) is 0 Å². The van der Waals surface area contributed by atoms with Crippen molar-refractivity contribution in [3.63, 3.8) is 0 Å². The number of para-hydroxylation sites is 1. The first-order valence-electron chi connectivity index (χ1n) is 8.30. The molecule has 0 atom stereocenters. The zero-order chi connectivity index (χ0) is 18.9. The quantitative estimate of drug-likeness (QED) is 0.678. The van der Waals surface area contributed by atoms with E-state index in [2.05, 4.69) is 4.74 Å². The average Bonchev–Trinajstić information content (AvgIpc) is 2.67. The van der Waals surface area contributed by atoms with Crippen LogP contribution in [0.4, 0.5) is 4.39 Å². The largest absolute Gasteiger partial charge is 0.488 e. The number of hydrogen-bond acceptors (Lipinski definition) is 4. The monoisotopic (exact) mass is 359 g/mol. The fraction of sp³-hybridized carbons (Fsp3) is 0.300. The van der Waals surface area contributed by atoms with Gasteiger partial charge in [0, 0.05) is 20.0 Å². The lowest BCUT2D eigenvalue weighted by atomic mass is 10.1. The normalized spacial score (nSPS) is 10.3. The van der Waals surface area contributed by atoms with E-state index in [1.807, 2.05) is 0 Å². The third kappa shape index (κ3) is 5.58. The summed E-state index contributed by atoms with van der Waals surface area (Å²) in [5.41, 5.74) is 1.25. The highest BCUT2D eigenvalue weighted by Crippen LogP contribution is 2.21. The number of nitrogens with zero attached hydrogens (tertiary/aromatic N) is 1. The first kappa shape index (κ1) is 19.4. The van der Waals surface area contributed by atoms with Crippen molar-refractivity contribution >= 4 is 11.9 Å². The third-order valence-corrected chi connectivity index (χ3v) is 3.87. The molecule has 0 unspecified atom stereocenters. The molecule has 0 aromatic heterocycles. The summed E-state index contributed by atoms with van der Waals surface area (Å²) in [6, 6.07) is 13.0. The Hall–Kier alpha value is -2.89. The highest BCUT2D eigenvalue weighted by Gasteiger charge is 2.16. The highest BCUT2D eigenvalue weighted by atomic mass is 19.1. The van der Waals surface area contributed by atoms with Crippen LogP contribution in [0.1, 0.15) is 28.8 Å². The van der Waals surface area contributed by atoms with Gasteiger partial charge in [-0.3, -0.25) is 9.59 Å². The summed E-state index contributed by atoms with van der Waals surface area (Å²) < 4.78 is 23.3. The summed E-state index contributed by atoms with van der Waals surface area (Å²) in [4.78, 5) is 25.4. The van der Waals surface area contributed by atoms with E-state index < -0.39 is 0 Å². The number of halogens is 1. The molecule has 0 aliphatic carbocycles. The molecule has 0 saturated carbocycles. The first-order chi connectivity index (χ1) is 12.5. The number of carbonyl (C=O) groups is 2. The molecule has 0 radical (unpaired) electrons. The Morgan fingerprint density at radius 1 is 1.08 bits per heavy atom. The van der Waals surface area contributed by atoms with Crippen molar-refractivity contribution < 1.29 is 23.5 Å². The smallest absolute Gasteiger partial charge is 0.305 e. The molecule has 2 aromatic rings. The molecule has 1 amide bonds. The van der Waals surface area contributed by atoms with E-state index in [0.717, 1.165) is 5.56 Å². The van der Waals surface area contributed by atoms with Crippen LogP contribution in [-0.4, -0.2) is 37.5 Å². The molecule has 0 fully saturated rings. The number of ether oxygens (including phenoxy) is 2. The molecule has 2 rings (SSSR count). The Labute approximate surface area is 152 Å². The van der Waals surface area contributed by atoms with Gasteiger partial charge in [-0.1, -0.05) is 24.3 Å². The van der Waals surface area contributed by atoms with E-state index >= 15 is 0 Å². The number of amides is 1. The number of esters is 1. The van der Waals surface area contributed by atoms with Gasteiger partial charge in [0.25, 0.3) is 5.91 Å². The van der Waals surface area contributed by atoms with E-state index in [9.17, 15) is 14.0 Å². The Balaban J connectivity index is 1.99. The van der Waals surface area contributed by atoms with Gasteiger partial charge in [0.05, 0.1) is 12.7 Å². The molecular weight excluding hydrogens is 337 g/mol. The van der Waals surface area contributed by atoms with Crippen molar-refractivity contribution in [2.45, 2.75) is 19.4 Å². The van der Waals surface area contributed by atoms with Crippen molar-refractivity contribution in [2.75, 3.05) is 20.7 Å². The predicted molar refractivity (Wildman–Crippen MR) is 95.4 cm³/mol. The summed E-state index contributed by atoms with van der Waals surface area (Å²) in [5.74, 6) is -0.335. The first-order valence-corrected chi connectivity index (χ1v) is 8.30. The van der Waals surface area contributed by atoms with E-state index in [1.165, 1.54) is 19.2 Å². The lowest BCUT2D eigenvalue weighted by molar-refractivity contribution is -0.140. The van der Waals surface area contributed by atoms with Crippen LogP contribution in [0.25, 0.3) is 0 Å². The molecule has 0 heterocycles. The molecule has 26 heavy (non-hydrogen) atoms. The van der Waals surface area contributed by atoms with Gasteiger partial charge in [-0.15, -0.1) is 0 Å². The van der Waals surface area contributed by atoms with E-state index in [0.29, 0.717) is 24.3 Å². The average molecular weight is 359 g/mol. The van der Waals surface area contributed by atoms with Gasteiger partial charge in [-0.05, 0) is 36.2 Å². The fourth-order valence-electron chi connectivity index (χ4n) is 2.38. The molecule has 0 aliphatic heterocycles. The summed E-state index contributed by atoms with van der Waals surface area (Å²) in [6.45, 7) is 0.664. The maximum absolute atomic E-state index is 13.0. The van der Waals surface area contributed by atoms with E-state index in [4.69, 9.17) is 4.74 Å². The predicted octanol–water partition coefficient (Wildman–Crippen LogP) is 3.43. The summed E-state index contributed by atoms with van der Waals surface area (Å²) in [7, 11) is 3.02. The van der Waals surface area contributed by atoms with Crippen LogP contribution in [0.3, 0.4) is 0 Å². The molecule has 0 aliphatic rings. The number of hydrogen-bond donors (Lipinski definition) is 0. The lowest BCUT2D eigenvalue weighted by Gasteiger charge is -2.19. The van der Waals surface area contributed by atoms with Gasteiger partial charge in [-0.2, -0.15) is 0 Å². The Kier molecular flexibility index (Phi) is 7.14. The zero-order valence-corrected chi connectivity index (χ0v) is 14.9. The Morgan fingerprint density at radius 3 is 2.46 bits per heavy atom. The third-order valence-electron chi connectivity index (χ3n) is 3.87. The number of rotatable bonds is 8. The van der Waals surface area contributed by atoms with Crippen molar-refractivity contribution in [3.8, 4) is 5.75 Å². The van der Waals surface area contributed by atoms with Gasteiger partial charge in [0.2, 0.25) is 0 Å². The minimum atomic E-state index is -0.307. The molecular formula is C20H22FNO4. The van der Waals surface area contributed by atoms with Gasteiger partial charge in [0.15, 0.2) is 0 Å². The van der Waals surface area contributed by atoms with Crippen LogP contribution in [-0.2, 0) is 16.1 Å². The topological polar surface area (TPSA) is 55.8 Å². The SMILES string of the molecule is COC(=O)CCCN(C)C(=O)c1ccccc1OCc1ccc(F)cc1. The molecule has 138 valence electrons. The molecule has 5 nitrogen and oxygen atoms in total. The number of carbonyl (C=O) groups excluding carboxylic acids is 2. The number of benzene rings is 2. The minimum absolute atomic E-state index is 0.190. The van der Waals surface area contributed by atoms with Crippen LogP contribution >= 0.6 is 0 Å². The van der Waals surface area contributed by atoms with Crippen LogP contribution in [0, 0.1) is 5.82 Å². The number of methoxy groups -OCH3 is 1. The second-order valence-electron chi connectivity index (χ2n) is 5.82. The summed E-state index contributed by atoms with van der Waals surface area (Å²) in [6.07, 6.45) is 0.782. The molecule has 0 N–H and O–H groups in total. The van der Waals surface area contributed by atoms with Crippen molar-refractivity contribution in [1.82, 2.24) is 4.90 Å². The van der Waals surface area contributed by atoms with Gasteiger partial charge in [-0.25, -0.2) is 4.39 Å². The van der Waals surface area contributed by atoms with Crippen LogP contribution in [0.5, 0.6) is 5.75 Å². The molecule has 0 bridgehead atoms. The molecule has 6 heteroatoms. The van der Waals surface area contributed by atoms with Gasteiger partial charge < -0.3 is 14.4 Å². The van der Waals surface area contributed by atoms with Crippen molar-refractivity contribution in [1.29, 1.82) is 0 Å². The van der Waals surface area contributed by atoms with E-state index in [1.54, 1.807) is 48.3 Å². The molecule has 0 spiro atoms. The van der Waals surface area contributed by atoms with Crippen LogP contribution in [0.15, 0.2) is 48.5 Å². The summed E-state index contributed by atoms with van der Waals surface area (Å²) in [5, 5.41) is 0. The zero-order valence-electron chi connectivity index (χ0n) is 14.9. The Morgan fingerprint density at radius 2 is 1.77 bits per heavy atom. The highest BCUT2D eigenvalue weighted by molar-refractivity contribution is 5.96. The molecule has 0 saturated heterocycles. The van der Waals surface area contributed by atoms with Crippen LogP contribution in [0.2, 0.25) is 0 Å². The fourth-order valence-corrected chi connectivity index (χ4v) is 2.38. The van der Waals surface area contributed by atoms with Gasteiger partial charge in [0.1, 0.15) is 18.2 Å². The summed E-state index contributed by atoms with van der Waals surface area (Å²) >= 11 is 0. The maximum atomic E-state index is 13.0. The Bertz CT molecular complexity index is 746. The second-order valence-corrected chi connectivity index (χ2v) is 5.82. The maximum Gasteiger partial charge on any atom is 0.305 e. The lowest BCUT2D eigenvalue weighted by Crippen LogP contribution is -2.28. The van der Waals surface area contributed by atoms with Crippen LogP contribution < -0.4 is 4.74 Å². The standard InChI is InChI=1S/C20H22FNO4/c1-22(13-5-8-19(23)25-2)20(24)17-6-3-4-7-18(17)26-14-15-9-11-16(21)12-10-15/h3-4,6-7,9-12H,5,8,13-14H2,1-2H3. The molecule has 2 aromatic carbocycles. The second kappa shape index (κ2) is 9.56. The van der Waals surface area contributed by atoms with Gasteiger partial charge >= 0.3 is 5.97 Å². The van der Waals surface area contributed by atoms with Crippen molar-refractivity contribution in [3.05, 3.63) is 65.5 Å². The van der Waals surface area contributed by atoms with E-state index in [-0.39, 0.29) is 30.7 Å². The minimum Gasteiger partial charge on any atom is -0.488 e.